The van der Waals surface area contributed by atoms with Crippen LogP contribution in [0.5, 0.6) is 5.75 Å². The summed E-state index contributed by atoms with van der Waals surface area (Å²) in [5.74, 6) is 1.92. The fourth-order valence-corrected chi connectivity index (χ4v) is 4.10. The van der Waals surface area contributed by atoms with Crippen LogP contribution < -0.4 is 4.74 Å². The normalized spacial score (nSPS) is 19.4. The van der Waals surface area contributed by atoms with Crippen molar-refractivity contribution in [3.63, 3.8) is 0 Å². The molecule has 2 aromatic rings. The van der Waals surface area contributed by atoms with Crippen LogP contribution in [-0.2, 0) is 0 Å². The number of carbonyl (C=O) groups is 1. The first-order valence-corrected chi connectivity index (χ1v) is 9.88. The van der Waals surface area contributed by atoms with Gasteiger partial charge in [-0.15, -0.1) is 6.58 Å². The van der Waals surface area contributed by atoms with E-state index < -0.39 is 6.16 Å². The molecule has 0 aromatic heterocycles. The average molecular weight is 364 g/mol. The zero-order chi connectivity index (χ0) is 19.1. The first-order chi connectivity index (χ1) is 13.2. The summed E-state index contributed by atoms with van der Waals surface area (Å²) in [6, 6.07) is 16.0. The van der Waals surface area contributed by atoms with Gasteiger partial charge < -0.3 is 9.84 Å². The Kier molecular flexibility index (Phi) is 6.69. The Labute approximate surface area is 161 Å². The largest absolute Gasteiger partial charge is 0.511 e. The minimum absolute atomic E-state index is 0.340. The lowest BCUT2D eigenvalue weighted by molar-refractivity contribution is 0.144. The van der Waals surface area contributed by atoms with E-state index in [1.165, 1.54) is 44.1 Å². The zero-order valence-corrected chi connectivity index (χ0v) is 15.8. The second kappa shape index (κ2) is 9.40. The molecule has 0 aliphatic heterocycles. The number of carboxylic acid groups (broad SMARTS) is 1. The molecule has 1 aliphatic rings. The minimum Gasteiger partial charge on any atom is -0.449 e. The summed E-state index contributed by atoms with van der Waals surface area (Å²) in [4.78, 5) is 10.6. The summed E-state index contributed by atoms with van der Waals surface area (Å²) in [6.45, 7) is 3.81. The van der Waals surface area contributed by atoms with Crippen molar-refractivity contribution in [1.29, 1.82) is 0 Å². The van der Waals surface area contributed by atoms with Crippen LogP contribution in [0.1, 0.15) is 56.4 Å². The fourth-order valence-electron chi connectivity index (χ4n) is 4.10. The van der Waals surface area contributed by atoms with Crippen molar-refractivity contribution in [3.8, 4) is 16.9 Å². The first-order valence-electron chi connectivity index (χ1n) is 9.88. The van der Waals surface area contributed by atoms with Gasteiger partial charge in [0.15, 0.2) is 0 Å². The Balaban J connectivity index is 1.56. The molecule has 0 spiro atoms. The lowest BCUT2D eigenvalue weighted by atomic mass is 9.77. The number of hydrogen-bond donors (Lipinski definition) is 1. The molecule has 1 fully saturated rings. The molecule has 3 nitrogen and oxygen atoms in total. The topological polar surface area (TPSA) is 46.5 Å². The van der Waals surface area contributed by atoms with Crippen LogP contribution in [0.2, 0.25) is 0 Å². The van der Waals surface area contributed by atoms with E-state index in [0.717, 1.165) is 23.5 Å². The van der Waals surface area contributed by atoms with Gasteiger partial charge in [0.05, 0.1) is 0 Å². The summed E-state index contributed by atoms with van der Waals surface area (Å²) in [5, 5.41) is 8.65. The van der Waals surface area contributed by atoms with E-state index in [4.69, 9.17) is 5.11 Å². The van der Waals surface area contributed by atoms with Crippen molar-refractivity contribution in [2.24, 2.45) is 5.92 Å². The molecule has 0 bridgehead atoms. The smallest absolute Gasteiger partial charge is 0.449 e. The van der Waals surface area contributed by atoms with E-state index in [-0.39, 0.29) is 0 Å². The summed E-state index contributed by atoms with van der Waals surface area (Å²) < 4.78 is 4.65. The summed E-state index contributed by atoms with van der Waals surface area (Å²) in [5.41, 5.74) is 3.64. The Morgan fingerprint density at radius 2 is 1.59 bits per heavy atom. The second-order valence-electron chi connectivity index (χ2n) is 7.45. The van der Waals surface area contributed by atoms with Crippen LogP contribution in [0.3, 0.4) is 0 Å². The van der Waals surface area contributed by atoms with Gasteiger partial charge in [-0.1, -0.05) is 48.9 Å². The first kappa shape index (κ1) is 19.2. The van der Waals surface area contributed by atoms with Gasteiger partial charge >= 0.3 is 6.16 Å². The third kappa shape index (κ3) is 5.46. The highest BCUT2D eigenvalue weighted by Gasteiger charge is 2.21. The molecule has 0 saturated heterocycles. The Morgan fingerprint density at radius 1 is 1.00 bits per heavy atom. The lowest BCUT2D eigenvalue weighted by Crippen LogP contribution is -2.13. The van der Waals surface area contributed by atoms with Crippen LogP contribution in [-0.4, -0.2) is 11.3 Å². The van der Waals surface area contributed by atoms with E-state index in [9.17, 15) is 4.79 Å². The third-order valence-electron chi connectivity index (χ3n) is 5.64. The number of ether oxygens (including phenoxy) is 1. The highest BCUT2D eigenvalue weighted by molar-refractivity contribution is 5.66. The van der Waals surface area contributed by atoms with Crippen molar-refractivity contribution >= 4 is 6.16 Å². The minimum atomic E-state index is -1.29. The van der Waals surface area contributed by atoms with Gasteiger partial charge in [0.2, 0.25) is 0 Å². The van der Waals surface area contributed by atoms with Gasteiger partial charge in [-0.05, 0) is 79.2 Å². The Morgan fingerprint density at radius 3 is 2.15 bits per heavy atom. The Hall–Kier alpha value is -2.55. The van der Waals surface area contributed by atoms with Crippen LogP contribution in [0.4, 0.5) is 4.79 Å². The summed E-state index contributed by atoms with van der Waals surface area (Å²) in [7, 11) is 0. The van der Waals surface area contributed by atoms with Crippen molar-refractivity contribution in [1.82, 2.24) is 0 Å². The van der Waals surface area contributed by atoms with Gasteiger partial charge in [0.25, 0.3) is 0 Å². The monoisotopic (exact) mass is 364 g/mol. The van der Waals surface area contributed by atoms with Gasteiger partial charge in [-0.3, -0.25) is 0 Å². The van der Waals surface area contributed by atoms with Crippen molar-refractivity contribution < 1.29 is 14.6 Å². The molecule has 2 aromatic carbocycles. The fraction of sp³-hybridized carbons (Fsp3) is 0.375. The van der Waals surface area contributed by atoms with Crippen molar-refractivity contribution in [2.45, 2.75) is 50.9 Å². The molecule has 0 atom stereocenters. The zero-order valence-electron chi connectivity index (χ0n) is 15.8. The van der Waals surface area contributed by atoms with Crippen LogP contribution in [0.15, 0.2) is 61.2 Å². The average Bonchev–Trinajstić information content (AvgIpc) is 2.69. The molecule has 27 heavy (non-hydrogen) atoms. The second-order valence-corrected chi connectivity index (χ2v) is 7.45. The van der Waals surface area contributed by atoms with Gasteiger partial charge in [-0.2, -0.15) is 0 Å². The molecule has 0 amide bonds. The molecule has 1 N–H and O–H groups in total. The predicted molar refractivity (Wildman–Crippen MR) is 109 cm³/mol. The van der Waals surface area contributed by atoms with E-state index in [1.54, 1.807) is 12.1 Å². The molecular formula is C24H28O3. The molecule has 0 heterocycles. The maximum atomic E-state index is 10.6. The van der Waals surface area contributed by atoms with Crippen molar-refractivity contribution in [2.75, 3.05) is 0 Å². The molecule has 1 aliphatic carbocycles. The van der Waals surface area contributed by atoms with Gasteiger partial charge in [-0.25, -0.2) is 4.79 Å². The number of benzene rings is 2. The molecule has 0 unspecified atom stereocenters. The molecule has 1 saturated carbocycles. The number of allylic oxidation sites excluding steroid dienone is 1. The third-order valence-corrected chi connectivity index (χ3v) is 5.64. The van der Waals surface area contributed by atoms with E-state index >= 15 is 0 Å². The van der Waals surface area contributed by atoms with E-state index in [1.807, 2.05) is 18.2 Å². The highest BCUT2D eigenvalue weighted by Crippen LogP contribution is 2.38. The molecule has 142 valence electrons. The quantitative estimate of drug-likeness (QED) is 0.248. The van der Waals surface area contributed by atoms with Crippen LogP contribution >= 0.6 is 0 Å². The maximum absolute atomic E-state index is 10.6. The van der Waals surface area contributed by atoms with Gasteiger partial charge in [0, 0.05) is 0 Å². The summed E-state index contributed by atoms with van der Waals surface area (Å²) in [6.07, 6.45) is 9.78. The predicted octanol–water partition coefficient (Wildman–Crippen LogP) is 7.04. The molecule has 3 rings (SSSR count). The van der Waals surface area contributed by atoms with Crippen molar-refractivity contribution in [3.05, 3.63) is 66.7 Å². The van der Waals surface area contributed by atoms with Crippen LogP contribution in [0.25, 0.3) is 11.1 Å². The van der Waals surface area contributed by atoms with E-state index in [2.05, 4.69) is 35.6 Å². The van der Waals surface area contributed by atoms with Gasteiger partial charge in [0.1, 0.15) is 5.75 Å². The van der Waals surface area contributed by atoms with Crippen LogP contribution in [0, 0.1) is 5.92 Å². The lowest BCUT2D eigenvalue weighted by Gasteiger charge is -2.29. The molecular weight excluding hydrogens is 336 g/mol. The van der Waals surface area contributed by atoms with E-state index in [0.29, 0.717) is 11.7 Å². The SMILES string of the molecule is C=CCCCC1CCC(c2ccc(-c3ccc(OC(=O)O)cc3)cc2)CC1. The maximum Gasteiger partial charge on any atom is 0.511 e. The number of unbranched alkanes of at least 4 members (excludes halogenated alkanes) is 1. The number of hydrogen-bond acceptors (Lipinski definition) is 2. The highest BCUT2D eigenvalue weighted by atomic mass is 16.7. The standard InChI is InChI=1S/C24H28O3/c1-2-3-4-5-18-6-8-19(9-7-18)20-10-12-21(13-11-20)22-14-16-23(17-15-22)27-24(25)26/h2,10-19H,1,3-9H2,(H,25,26). The Bertz CT molecular complexity index is 738. The molecule has 3 heteroatoms. The summed E-state index contributed by atoms with van der Waals surface area (Å²) >= 11 is 0. The number of rotatable bonds is 7. The molecule has 0 radical (unpaired) electrons.